The molecule has 2 aromatic rings. The van der Waals surface area contributed by atoms with Gasteiger partial charge in [0, 0.05) is 11.1 Å². The average molecular weight is 402 g/mol. The van der Waals surface area contributed by atoms with Gasteiger partial charge in [0.25, 0.3) is 5.91 Å². The molecule has 1 amide bonds. The third-order valence-electron chi connectivity index (χ3n) is 4.23. The van der Waals surface area contributed by atoms with Gasteiger partial charge in [-0.2, -0.15) is 0 Å². The third-order valence-corrected chi connectivity index (χ3v) is 4.63. The van der Waals surface area contributed by atoms with Gasteiger partial charge >= 0.3 is 5.97 Å². The van der Waals surface area contributed by atoms with Crippen LogP contribution in [0.5, 0.6) is 11.5 Å². The Balaban J connectivity index is 1.47. The Bertz CT molecular complexity index is 925. The minimum Gasteiger partial charge on any atom is -0.454 e. The van der Waals surface area contributed by atoms with E-state index in [-0.39, 0.29) is 19.4 Å². The summed E-state index contributed by atoms with van der Waals surface area (Å²) >= 11 is 6.04. The van der Waals surface area contributed by atoms with Gasteiger partial charge < -0.3 is 19.5 Å². The lowest BCUT2D eigenvalue weighted by molar-refractivity contribution is -0.144. The van der Waals surface area contributed by atoms with Crippen LogP contribution in [0.15, 0.2) is 42.5 Å². The number of carbonyl (C=O) groups excluding carboxylic acids is 2. The molecule has 0 radical (unpaired) electrons. The summed E-state index contributed by atoms with van der Waals surface area (Å²) in [5.41, 5.74) is 2.59. The molecular weight excluding hydrogens is 382 g/mol. The molecule has 0 fully saturated rings. The molecule has 28 heavy (non-hydrogen) atoms. The van der Waals surface area contributed by atoms with E-state index in [0.29, 0.717) is 16.5 Å². The van der Waals surface area contributed by atoms with Gasteiger partial charge in [-0.05, 0) is 54.8 Å². The minimum atomic E-state index is -0.609. The summed E-state index contributed by atoms with van der Waals surface area (Å²) in [6.07, 6.45) is 2.84. The Labute approximate surface area is 168 Å². The van der Waals surface area contributed by atoms with Crippen molar-refractivity contribution in [3.8, 4) is 11.5 Å². The number of hydrogen-bond donors (Lipinski definition) is 1. The smallest absolute Gasteiger partial charge is 0.331 e. The molecule has 0 spiro atoms. The molecule has 1 heterocycles. The van der Waals surface area contributed by atoms with Crippen molar-refractivity contribution in [2.75, 3.05) is 13.4 Å². The van der Waals surface area contributed by atoms with Crippen molar-refractivity contribution in [2.24, 2.45) is 0 Å². The molecule has 0 aromatic heterocycles. The first kappa shape index (κ1) is 19.8. The first-order chi connectivity index (χ1) is 13.4. The fourth-order valence-electron chi connectivity index (χ4n) is 2.61. The Morgan fingerprint density at radius 1 is 1.21 bits per heavy atom. The zero-order valence-corrected chi connectivity index (χ0v) is 16.3. The topological polar surface area (TPSA) is 73.9 Å². The molecule has 1 atom stereocenters. The number of hydrogen-bond acceptors (Lipinski definition) is 5. The molecule has 1 N–H and O–H groups in total. The molecule has 0 saturated heterocycles. The van der Waals surface area contributed by atoms with Crippen LogP contribution in [-0.4, -0.2) is 25.3 Å². The van der Waals surface area contributed by atoms with Crippen LogP contribution in [-0.2, 0) is 14.3 Å². The van der Waals surface area contributed by atoms with Gasteiger partial charge in [0.05, 0.1) is 6.04 Å². The molecule has 146 valence electrons. The van der Waals surface area contributed by atoms with Crippen molar-refractivity contribution in [2.45, 2.75) is 19.9 Å². The number of ether oxygens (including phenoxy) is 3. The van der Waals surface area contributed by atoms with Crippen molar-refractivity contribution >= 4 is 29.6 Å². The van der Waals surface area contributed by atoms with Gasteiger partial charge in [-0.15, -0.1) is 0 Å². The van der Waals surface area contributed by atoms with E-state index >= 15 is 0 Å². The Morgan fingerprint density at radius 3 is 2.79 bits per heavy atom. The maximum atomic E-state index is 12.0. The molecule has 0 bridgehead atoms. The molecule has 1 aliphatic heterocycles. The minimum absolute atomic E-state index is 0.192. The normalized spacial score (nSPS) is 13.4. The number of nitrogens with one attached hydrogen (secondary N) is 1. The summed E-state index contributed by atoms with van der Waals surface area (Å²) in [6.45, 7) is 3.55. The Kier molecular flexibility index (Phi) is 6.21. The van der Waals surface area contributed by atoms with Crippen molar-refractivity contribution in [3.05, 3.63) is 64.2 Å². The average Bonchev–Trinajstić information content (AvgIpc) is 3.15. The van der Waals surface area contributed by atoms with E-state index in [1.807, 2.05) is 38.1 Å². The molecule has 7 heteroatoms. The zero-order chi connectivity index (χ0) is 20.1. The van der Waals surface area contributed by atoms with Crippen LogP contribution in [0.25, 0.3) is 6.08 Å². The molecule has 0 saturated carbocycles. The quantitative estimate of drug-likeness (QED) is 0.588. The van der Waals surface area contributed by atoms with Gasteiger partial charge in [0.1, 0.15) is 0 Å². The highest BCUT2D eigenvalue weighted by Crippen LogP contribution is 2.34. The first-order valence-corrected chi connectivity index (χ1v) is 9.10. The van der Waals surface area contributed by atoms with Crippen LogP contribution in [0.2, 0.25) is 5.02 Å². The van der Waals surface area contributed by atoms with E-state index in [0.717, 1.165) is 16.7 Å². The van der Waals surface area contributed by atoms with Gasteiger partial charge in [0.15, 0.2) is 18.1 Å². The highest BCUT2D eigenvalue weighted by atomic mass is 35.5. The lowest BCUT2D eigenvalue weighted by Crippen LogP contribution is -2.30. The van der Waals surface area contributed by atoms with Gasteiger partial charge in [-0.3, -0.25) is 4.79 Å². The largest absolute Gasteiger partial charge is 0.454 e. The van der Waals surface area contributed by atoms with E-state index in [1.165, 1.54) is 6.08 Å². The van der Waals surface area contributed by atoms with E-state index < -0.39 is 11.9 Å². The first-order valence-electron chi connectivity index (χ1n) is 8.72. The van der Waals surface area contributed by atoms with Gasteiger partial charge in [0.2, 0.25) is 6.79 Å². The second kappa shape index (κ2) is 8.80. The monoisotopic (exact) mass is 401 g/mol. The van der Waals surface area contributed by atoms with Crippen LogP contribution in [0, 0.1) is 6.92 Å². The number of fused-ring (bicyclic) bond motifs is 1. The Morgan fingerprint density at radius 2 is 2.00 bits per heavy atom. The number of benzene rings is 2. The number of carbonyl (C=O) groups is 2. The highest BCUT2D eigenvalue weighted by molar-refractivity contribution is 6.31. The molecule has 3 rings (SSSR count). The second-order valence-corrected chi connectivity index (χ2v) is 6.76. The van der Waals surface area contributed by atoms with Crippen LogP contribution in [0.4, 0.5) is 0 Å². The number of esters is 1. The summed E-state index contributed by atoms with van der Waals surface area (Å²) in [5.74, 6) is 0.317. The molecule has 6 nitrogen and oxygen atoms in total. The van der Waals surface area contributed by atoms with Crippen LogP contribution in [0.3, 0.4) is 0 Å². The number of aryl methyl sites for hydroxylation is 1. The van der Waals surface area contributed by atoms with Crippen molar-refractivity contribution in [1.29, 1.82) is 0 Å². The molecule has 0 aliphatic carbocycles. The van der Waals surface area contributed by atoms with E-state index in [1.54, 1.807) is 18.2 Å². The SMILES string of the molecule is Cc1ccc(/C=C/C(=O)OCC(=O)N[C@H](C)c2ccc3c(c2)OCO3)cc1Cl. The molecule has 1 aliphatic rings. The van der Waals surface area contributed by atoms with Gasteiger partial charge in [-0.1, -0.05) is 29.8 Å². The summed E-state index contributed by atoms with van der Waals surface area (Å²) in [6, 6.07) is 10.6. The lowest BCUT2D eigenvalue weighted by atomic mass is 10.1. The molecule has 0 unspecified atom stereocenters. The summed E-state index contributed by atoms with van der Waals surface area (Å²) in [7, 11) is 0. The maximum absolute atomic E-state index is 12.0. The summed E-state index contributed by atoms with van der Waals surface area (Å²) < 4.78 is 15.6. The van der Waals surface area contributed by atoms with Crippen LogP contribution >= 0.6 is 11.6 Å². The Hall–Kier alpha value is -2.99. The second-order valence-electron chi connectivity index (χ2n) is 6.35. The number of amides is 1. The molecule has 2 aromatic carbocycles. The van der Waals surface area contributed by atoms with Crippen LogP contribution in [0.1, 0.15) is 29.7 Å². The fraction of sp³-hybridized carbons (Fsp3) is 0.238. The highest BCUT2D eigenvalue weighted by Gasteiger charge is 2.17. The maximum Gasteiger partial charge on any atom is 0.331 e. The summed E-state index contributed by atoms with van der Waals surface area (Å²) in [4.78, 5) is 23.8. The zero-order valence-electron chi connectivity index (χ0n) is 15.5. The number of halogens is 1. The van der Waals surface area contributed by atoms with E-state index in [4.69, 9.17) is 25.8 Å². The van der Waals surface area contributed by atoms with E-state index in [2.05, 4.69) is 5.32 Å². The van der Waals surface area contributed by atoms with Crippen molar-refractivity contribution in [1.82, 2.24) is 5.32 Å². The molecular formula is C21H20ClNO5. The van der Waals surface area contributed by atoms with E-state index in [9.17, 15) is 9.59 Å². The van der Waals surface area contributed by atoms with Gasteiger partial charge in [-0.25, -0.2) is 4.79 Å². The van der Waals surface area contributed by atoms with Crippen molar-refractivity contribution < 1.29 is 23.8 Å². The third kappa shape index (κ3) is 5.04. The summed E-state index contributed by atoms with van der Waals surface area (Å²) in [5, 5.41) is 3.39. The standard InChI is InChI=1S/C21H20ClNO5/c1-13-3-4-15(9-17(13)22)5-8-21(25)26-11-20(24)23-14(2)16-6-7-18-19(10-16)28-12-27-18/h3-10,14H,11-12H2,1-2H3,(H,23,24)/b8-5+/t14-/m1/s1. The predicted molar refractivity (Wildman–Crippen MR) is 105 cm³/mol. The van der Waals surface area contributed by atoms with Crippen LogP contribution < -0.4 is 14.8 Å². The predicted octanol–water partition coefficient (Wildman–Crippen LogP) is 3.81. The lowest BCUT2D eigenvalue weighted by Gasteiger charge is -2.14. The number of rotatable bonds is 6. The van der Waals surface area contributed by atoms with Crippen molar-refractivity contribution in [3.63, 3.8) is 0 Å². The fourth-order valence-corrected chi connectivity index (χ4v) is 2.80.